The number of nitrogens with zero attached hydrogens (tertiary/aromatic N) is 1. The van der Waals surface area contributed by atoms with Gasteiger partial charge in [-0.2, -0.15) is 4.31 Å². The van der Waals surface area contributed by atoms with Crippen molar-refractivity contribution in [2.45, 2.75) is 17.7 Å². The number of benzene rings is 1. The summed E-state index contributed by atoms with van der Waals surface area (Å²) in [5.41, 5.74) is 11.3. The lowest BCUT2D eigenvalue weighted by Crippen LogP contribution is -2.44. The summed E-state index contributed by atoms with van der Waals surface area (Å²) in [6.45, 7) is 0.444. The van der Waals surface area contributed by atoms with E-state index >= 15 is 0 Å². The van der Waals surface area contributed by atoms with Crippen molar-refractivity contribution >= 4 is 21.6 Å². The topological polar surface area (TPSA) is 116 Å². The summed E-state index contributed by atoms with van der Waals surface area (Å²) in [4.78, 5) is 11.3. The summed E-state index contributed by atoms with van der Waals surface area (Å²) in [5, 5.41) is 0. The lowest BCUT2D eigenvalue weighted by molar-refractivity contribution is -0.122. The molecule has 1 fully saturated rings. The van der Waals surface area contributed by atoms with Gasteiger partial charge in [-0.1, -0.05) is 0 Å². The molecule has 0 radical (unpaired) electrons. The first-order valence-electron chi connectivity index (χ1n) is 6.59. The van der Waals surface area contributed by atoms with E-state index in [1.165, 1.54) is 23.5 Å². The van der Waals surface area contributed by atoms with Crippen LogP contribution in [0.1, 0.15) is 12.8 Å². The number of primary amides is 1. The maximum absolute atomic E-state index is 12.7. The molecule has 1 saturated heterocycles. The number of nitrogen functional groups attached to an aromatic ring is 1. The van der Waals surface area contributed by atoms with Crippen LogP contribution in [0, 0.1) is 5.92 Å². The van der Waals surface area contributed by atoms with Gasteiger partial charge in [0, 0.05) is 18.8 Å². The largest absolute Gasteiger partial charge is 0.495 e. The number of carbonyl (C=O) groups excluding carboxylic acids is 1. The Bertz CT molecular complexity index is 645. The first-order chi connectivity index (χ1) is 9.86. The van der Waals surface area contributed by atoms with E-state index in [-0.39, 0.29) is 17.2 Å². The molecule has 1 unspecified atom stereocenters. The summed E-state index contributed by atoms with van der Waals surface area (Å²) in [6.07, 6.45) is 1.20. The van der Waals surface area contributed by atoms with Gasteiger partial charge in [-0.05, 0) is 31.0 Å². The van der Waals surface area contributed by atoms with Crippen molar-refractivity contribution in [3.63, 3.8) is 0 Å². The summed E-state index contributed by atoms with van der Waals surface area (Å²) >= 11 is 0. The van der Waals surface area contributed by atoms with E-state index in [4.69, 9.17) is 16.2 Å². The molecule has 1 aliphatic rings. The SMILES string of the molecule is COc1ccc(N)cc1S(=O)(=O)N1CCCC(C(N)=O)C1. The van der Waals surface area contributed by atoms with Gasteiger partial charge in [0.05, 0.1) is 13.0 Å². The molecule has 1 heterocycles. The van der Waals surface area contributed by atoms with Crippen molar-refractivity contribution in [2.24, 2.45) is 11.7 Å². The van der Waals surface area contributed by atoms with E-state index in [2.05, 4.69) is 0 Å². The van der Waals surface area contributed by atoms with Gasteiger partial charge in [0.15, 0.2) is 0 Å². The number of rotatable bonds is 4. The molecule has 0 bridgehead atoms. The van der Waals surface area contributed by atoms with Crippen LogP contribution in [0.2, 0.25) is 0 Å². The lowest BCUT2D eigenvalue weighted by atomic mass is 9.99. The Morgan fingerprint density at radius 1 is 1.43 bits per heavy atom. The molecule has 8 heteroatoms. The molecule has 0 spiro atoms. The molecule has 116 valence electrons. The number of methoxy groups -OCH3 is 1. The summed E-state index contributed by atoms with van der Waals surface area (Å²) in [6, 6.07) is 4.44. The summed E-state index contributed by atoms with van der Waals surface area (Å²) < 4.78 is 31.8. The van der Waals surface area contributed by atoms with E-state index in [1.807, 2.05) is 0 Å². The number of amides is 1. The van der Waals surface area contributed by atoms with E-state index in [0.29, 0.717) is 25.1 Å². The van der Waals surface area contributed by atoms with E-state index in [9.17, 15) is 13.2 Å². The van der Waals surface area contributed by atoms with E-state index < -0.39 is 21.8 Å². The second-order valence-corrected chi connectivity index (χ2v) is 6.92. The van der Waals surface area contributed by atoms with Gasteiger partial charge in [0.2, 0.25) is 15.9 Å². The van der Waals surface area contributed by atoms with Gasteiger partial charge in [-0.3, -0.25) is 4.79 Å². The molecule has 4 N–H and O–H groups in total. The maximum atomic E-state index is 12.7. The number of hydrogen-bond acceptors (Lipinski definition) is 5. The van der Waals surface area contributed by atoms with Crippen LogP contribution < -0.4 is 16.2 Å². The second kappa shape index (κ2) is 5.90. The summed E-state index contributed by atoms with van der Waals surface area (Å²) in [5.74, 6) is -0.708. The van der Waals surface area contributed by atoms with Crippen LogP contribution in [0.5, 0.6) is 5.75 Å². The minimum atomic E-state index is -3.77. The fraction of sp³-hybridized carbons (Fsp3) is 0.462. The third kappa shape index (κ3) is 3.11. The zero-order chi connectivity index (χ0) is 15.6. The van der Waals surface area contributed by atoms with Crippen LogP contribution in [0.15, 0.2) is 23.1 Å². The Morgan fingerprint density at radius 3 is 2.76 bits per heavy atom. The van der Waals surface area contributed by atoms with Crippen molar-refractivity contribution in [2.75, 3.05) is 25.9 Å². The third-order valence-electron chi connectivity index (χ3n) is 3.59. The minimum absolute atomic E-state index is 0.00937. The van der Waals surface area contributed by atoms with Crippen molar-refractivity contribution in [3.05, 3.63) is 18.2 Å². The van der Waals surface area contributed by atoms with Gasteiger partial charge in [-0.15, -0.1) is 0 Å². The molecule has 1 aromatic rings. The van der Waals surface area contributed by atoms with Crippen LogP contribution in [-0.2, 0) is 14.8 Å². The number of hydrogen-bond donors (Lipinski definition) is 2. The van der Waals surface area contributed by atoms with E-state index in [0.717, 1.165) is 0 Å². The van der Waals surface area contributed by atoms with E-state index in [1.54, 1.807) is 6.07 Å². The Morgan fingerprint density at radius 2 is 2.14 bits per heavy atom. The minimum Gasteiger partial charge on any atom is -0.495 e. The first-order valence-corrected chi connectivity index (χ1v) is 8.03. The van der Waals surface area contributed by atoms with Crippen LogP contribution >= 0.6 is 0 Å². The van der Waals surface area contributed by atoms with Crippen molar-refractivity contribution in [1.82, 2.24) is 4.31 Å². The highest BCUT2D eigenvalue weighted by atomic mass is 32.2. The van der Waals surface area contributed by atoms with Gasteiger partial charge in [0.25, 0.3) is 0 Å². The highest BCUT2D eigenvalue weighted by Gasteiger charge is 2.34. The quantitative estimate of drug-likeness (QED) is 0.768. The van der Waals surface area contributed by atoms with Crippen LogP contribution in [0.4, 0.5) is 5.69 Å². The fourth-order valence-electron chi connectivity index (χ4n) is 2.43. The molecule has 1 atom stereocenters. The van der Waals surface area contributed by atoms with Crippen molar-refractivity contribution < 1.29 is 17.9 Å². The molecular weight excluding hydrogens is 294 g/mol. The molecule has 0 saturated carbocycles. The first kappa shape index (κ1) is 15.6. The zero-order valence-corrected chi connectivity index (χ0v) is 12.6. The number of ether oxygens (including phenoxy) is 1. The Kier molecular flexibility index (Phi) is 4.38. The second-order valence-electron chi connectivity index (χ2n) is 5.01. The highest BCUT2D eigenvalue weighted by molar-refractivity contribution is 7.89. The normalized spacial score (nSPS) is 20.1. The molecule has 0 aromatic heterocycles. The number of anilines is 1. The van der Waals surface area contributed by atoms with Crippen molar-refractivity contribution in [3.8, 4) is 5.75 Å². The average molecular weight is 313 g/mol. The third-order valence-corrected chi connectivity index (χ3v) is 5.48. The van der Waals surface area contributed by atoms with Crippen LogP contribution in [-0.4, -0.2) is 38.8 Å². The molecule has 7 nitrogen and oxygen atoms in total. The zero-order valence-electron chi connectivity index (χ0n) is 11.8. The van der Waals surface area contributed by atoms with Gasteiger partial charge < -0.3 is 16.2 Å². The Hall–Kier alpha value is -1.80. The molecule has 1 amide bonds. The summed E-state index contributed by atoms with van der Waals surface area (Å²) in [7, 11) is -2.38. The van der Waals surface area contributed by atoms with Crippen LogP contribution in [0.25, 0.3) is 0 Å². The van der Waals surface area contributed by atoms with Gasteiger partial charge >= 0.3 is 0 Å². The number of piperidine rings is 1. The lowest BCUT2D eigenvalue weighted by Gasteiger charge is -2.30. The van der Waals surface area contributed by atoms with Gasteiger partial charge in [0.1, 0.15) is 10.6 Å². The number of carbonyl (C=O) groups is 1. The van der Waals surface area contributed by atoms with Gasteiger partial charge in [-0.25, -0.2) is 8.42 Å². The molecule has 21 heavy (non-hydrogen) atoms. The van der Waals surface area contributed by atoms with Crippen molar-refractivity contribution in [1.29, 1.82) is 0 Å². The molecular formula is C13H19N3O4S. The fourth-order valence-corrected chi connectivity index (χ4v) is 4.14. The molecule has 1 aliphatic heterocycles. The molecule has 2 rings (SSSR count). The maximum Gasteiger partial charge on any atom is 0.246 e. The van der Waals surface area contributed by atoms with Crippen LogP contribution in [0.3, 0.4) is 0 Å². The average Bonchev–Trinajstić information content (AvgIpc) is 2.47. The monoisotopic (exact) mass is 313 g/mol. The Labute approximate surface area is 123 Å². The number of nitrogens with two attached hydrogens (primary N) is 2. The molecule has 1 aromatic carbocycles. The standard InChI is InChI=1S/C13H19N3O4S/c1-20-11-5-4-10(14)7-12(11)21(18,19)16-6-2-3-9(8-16)13(15)17/h4-5,7,9H,2-3,6,8,14H2,1H3,(H2,15,17). The predicted octanol–water partition coefficient (Wildman–Crippen LogP) is 0.163. The highest BCUT2D eigenvalue weighted by Crippen LogP contribution is 2.31. The Balaban J connectivity index is 2.38. The smallest absolute Gasteiger partial charge is 0.246 e. The molecule has 0 aliphatic carbocycles. The predicted molar refractivity (Wildman–Crippen MR) is 78.1 cm³/mol. The number of sulfonamides is 1.